The van der Waals surface area contributed by atoms with Gasteiger partial charge in [0.2, 0.25) is 0 Å². The Morgan fingerprint density at radius 3 is 2.59 bits per heavy atom. The average molecular weight is 243 g/mol. The summed E-state index contributed by atoms with van der Waals surface area (Å²) in [7, 11) is 0. The van der Waals surface area contributed by atoms with E-state index in [0.717, 1.165) is 24.6 Å². The zero-order valence-electron chi connectivity index (χ0n) is 9.93. The fourth-order valence-electron chi connectivity index (χ4n) is 2.44. The van der Waals surface area contributed by atoms with Gasteiger partial charge in [0.15, 0.2) is 0 Å². The van der Waals surface area contributed by atoms with E-state index in [1.807, 2.05) is 13.8 Å². The van der Waals surface area contributed by atoms with Gasteiger partial charge in [0.1, 0.15) is 0 Å². The topological polar surface area (TPSA) is 12.0 Å². The first kappa shape index (κ1) is 12.4. The molecule has 0 radical (unpaired) electrons. The molecule has 1 N–H and O–H groups in total. The molecule has 1 fully saturated rings. The summed E-state index contributed by atoms with van der Waals surface area (Å²) < 4.78 is 38.0. The van der Waals surface area contributed by atoms with Crippen LogP contribution in [0.2, 0.25) is 0 Å². The molecule has 17 heavy (non-hydrogen) atoms. The van der Waals surface area contributed by atoms with Crippen molar-refractivity contribution in [2.75, 3.05) is 6.54 Å². The van der Waals surface area contributed by atoms with Crippen LogP contribution >= 0.6 is 0 Å². The van der Waals surface area contributed by atoms with Crippen molar-refractivity contribution in [3.8, 4) is 0 Å². The Bertz CT molecular complexity index is 413. The zero-order valence-corrected chi connectivity index (χ0v) is 9.93. The van der Waals surface area contributed by atoms with Crippen LogP contribution in [0.25, 0.3) is 0 Å². The Kier molecular flexibility index (Phi) is 2.94. The standard InChI is InChI=1S/C13H16F3N/c1-9-12(2,6-7-17-9)10-4-3-5-11(8-10)13(14,15)16/h3-5,8-9,17H,6-7H2,1-2H3. The second-order valence-electron chi connectivity index (χ2n) is 4.92. The molecule has 0 aliphatic carbocycles. The number of alkyl halides is 3. The molecule has 0 bridgehead atoms. The third kappa shape index (κ3) is 2.18. The second kappa shape index (κ2) is 4.02. The van der Waals surface area contributed by atoms with Gasteiger partial charge in [-0.15, -0.1) is 0 Å². The summed E-state index contributed by atoms with van der Waals surface area (Å²) in [6, 6.07) is 5.89. The Balaban J connectivity index is 2.40. The number of benzene rings is 1. The fraction of sp³-hybridized carbons (Fsp3) is 0.538. The smallest absolute Gasteiger partial charge is 0.313 e. The van der Waals surface area contributed by atoms with Crippen molar-refractivity contribution in [1.29, 1.82) is 0 Å². The molecule has 0 amide bonds. The van der Waals surface area contributed by atoms with E-state index >= 15 is 0 Å². The van der Waals surface area contributed by atoms with Gasteiger partial charge >= 0.3 is 6.18 Å². The van der Waals surface area contributed by atoms with E-state index in [9.17, 15) is 13.2 Å². The highest BCUT2D eigenvalue weighted by Gasteiger charge is 2.39. The van der Waals surface area contributed by atoms with Crippen LogP contribution in [0.5, 0.6) is 0 Å². The van der Waals surface area contributed by atoms with Gasteiger partial charge in [-0.1, -0.05) is 25.1 Å². The van der Waals surface area contributed by atoms with Crippen LogP contribution in [0.1, 0.15) is 31.4 Å². The molecule has 94 valence electrons. The molecule has 2 atom stereocenters. The second-order valence-corrected chi connectivity index (χ2v) is 4.92. The maximum atomic E-state index is 12.7. The van der Waals surface area contributed by atoms with E-state index in [0.29, 0.717) is 0 Å². The van der Waals surface area contributed by atoms with E-state index in [-0.39, 0.29) is 11.5 Å². The van der Waals surface area contributed by atoms with Crippen molar-refractivity contribution in [3.05, 3.63) is 35.4 Å². The summed E-state index contributed by atoms with van der Waals surface area (Å²) in [6.07, 6.45) is -3.39. The number of nitrogens with one attached hydrogen (secondary N) is 1. The summed E-state index contributed by atoms with van der Waals surface area (Å²) in [5, 5.41) is 3.29. The molecule has 1 aliphatic heterocycles. The predicted molar refractivity (Wildman–Crippen MR) is 60.9 cm³/mol. The third-order valence-corrected chi connectivity index (χ3v) is 3.90. The Hall–Kier alpha value is -1.03. The molecule has 4 heteroatoms. The largest absolute Gasteiger partial charge is 0.416 e. The van der Waals surface area contributed by atoms with Crippen LogP contribution in [-0.2, 0) is 11.6 Å². The minimum atomic E-state index is -4.26. The average Bonchev–Trinajstić information content (AvgIpc) is 2.60. The number of hydrogen-bond donors (Lipinski definition) is 1. The van der Waals surface area contributed by atoms with Gasteiger partial charge in [-0.25, -0.2) is 0 Å². The summed E-state index contributed by atoms with van der Waals surface area (Å²) in [5.41, 5.74) is 0.00139. The van der Waals surface area contributed by atoms with Gasteiger partial charge in [-0.05, 0) is 31.5 Å². The van der Waals surface area contributed by atoms with Crippen molar-refractivity contribution in [3.63, 3.8) is 0 Å². The molecule has 2 rings (SSSR count). The Labute approximate surface area is 99.0 Å². The van der Waals surface area contributed by atoms with Crippen LogP contribution in [0.15, 0.2) is 24.3 Å². The Morgan fingerprint density at radius 2 is 2.06 bits per heavy atom. The van der Waals surface area contributed by atoms with Gasteiger partial charge in [0.05, 0.1) is 5.56 Å². The molecule has 2 unspecified atom stereocenters. The maximum Gasteiger partial charge on any atom is 0.416 e. The Morgan fingerprint density at radius 1 is 1.35 bits per heavy atom. The highest BCUT2D eigenvalue weighted by atomic mass is 19.4. The van der Waals surface area contributed by atoms with Crippen molar-refractivity contribution in [2.24, 2.45) is 0 Å². The summed E-state index contributed by atoms with van der Waals surface area (Å²) in [5.74, 6) is 0. The van der Waals surface area contributed by atoms with Crippen LogP contribution in [-0.4, -0.2) is 12.6 Å². The molecule has 1 heterocycles. The first-order valence-corrected chi connectivity index (χ1v) is 5.75. The molecular weight excluding hydrogens is 227 g/mol. The highest BCUT2D eigenvalue weighted by molar-refractivity contribution is 5.33. The van der Waals surface area contributed by atoms with Crippen LogP contribution < -0.4 is 5.32 Å². The molecule has 0 spiro atoms. The third-order valence-electron chi connectivity index (χ3n) is 3.90. The van der Waals surface area contributed by atoms with Gasteiger partial charge in [-0.2, -0.15) is 13.2 Å². The fourth-order valence-corrected chi connectivity index (χ4v) is 2.44. The van der Waals surface area contributed by atoms with E-state index in [4.69, 9.17) is 0 Å². The lowest BCUT2D eigenvalue weighted by Gasteiger charge is -2.29. The van der Waals surface area contributed by atoms with Crippen molar-refractivity contribution in [2.45, 2.75) is 37.9 Å². The monoisotopic (exact) mass is 243 g/mol. The molecule has 0 aromatic heterocycles. The summed E-state index contributed by atoms with van der Waals surface area (Å²) in [4.78, 5) is 0. The minimum absolute atomic E-state index is 0.200. The predicted octanol–water partition coefficient (Wildman–Crippen LogP) is 3.34. The van der Waals surface area contributed by atoms with E-state index in [1.54, 1.807) is 6.07 Å². The molecule has 1 aromatic carbocycles. The number of rotatable bonds is 1. The van der Waals surface area contributed by atoms with Crippen LogP contribution in [0, 0.1) is 0 Å². The molecule has 1 aromatic rings. The number of halogens is 3. The van der Waals surface area contributed by atoms with Gasteiger partial charge in [0, 0.05) is 11.5 Å². The SMILES string of the molecule is CC1NCCC1(C)c1cccc(C(F)(F)F)c1. The molecule has 1 nitrogen and oxygen atoms in total. The zero-order chi connectivity index (χ0) is 12.7. The van der Waals surface area contributed by atoms with E-state index in [2.05, 4.69) is 5.32 Å². The quantitative estimate of drug-likeness (QED) is 0.797. The van der Waals surface area contributed by atoms with Crippen molar-refractivity contribution >= 4 is 0 Å². The molecule has 0 saturated carbocycles. The van der Waals surface area contributed by atoms with Gasteiger partial charge in [0.25, 0.3) is 0 Å². The lowest BCUT2D eigenvalue weighted by molar-refractivity contribution is -0.137. The van der Waals surface area contributed by atoms with Gasteiger partial charge < -0.3 is 5.32 Å². The lowest BCUT2D eigenvalue weighted by Crippen LogP contribution is -2.35. The normalized spacial score (nSPS) is 29.6. The molecular formula is C13H16F3N. The summed E-state index contributed by atoms with van der Waals surface area (Å²) in [6.45, 7) is 4.90. The van der Waals surface area contributed by atoms with Crippen molar-refractivity contribution < 1.29 is 13.2 Å². The minimum Gasteiger partial charge on any atom is -0.313 e. The first-order valence-electron chi connectivity index (χ1n) is 5.75. The van der Waals surface area contributed by atoms with E-state index < -0.39 is 11.7 Å². The lowest BCUT2D eigenvalue weighted by atomic mass is 9.76. The van der Waals surface area contributed by atoms with Gasteiger partial charge in [-0.3, -0.25) is 0 Å². The van der Waals surface area contributed by atoms with Crippen LogP contribution in [0.4, 0.5) is 13.2 Å². The maximum absolute atomic E-state index is 12.7. The highest BCUT2D eigenvalue weighted by Crippen LogP contribution is 2.38. The van der Waals surface area contributed by atoms with Crippen molar-refractivity contribution in [1.82, 2.24) is 5.32 Å². The van der Waals surface area contributed by atoms with Crippen LogP contribution in [0.3, 0.4) is 0 Å². The van der Waals surface area contributed by atoms with E-state index in [1.165, 1.54) is 12.1 Å². The number of hydrogen-bond acceptors (Lipinski definition) is 1. The molecule has 1 aliphatic rings. The molecule has 1 saturated heterocycles. The first-order chi connectivity index (χ1) is 7.84. The summed E-state index contributed by atoms with van der Waals surface area (Å²) >= 11 is 0.